The topological polar surface area (TPSA) is 85.1 Å². The molecule has 0 saturated carbocycles. The zero-order chi connectivity index (χ0) is 11.5. The third kappa shape index (κ3) is 2.95. The van der Waals surface area contributed by atoms with Gasteiger partial charge in [0.15, 0.2) is 5.82 Å². The van der Waals surface area contributed by atoms with Crippen LogP contribution in [0.4, 0.5) is 4.39 Å². The first-order valence-electron chi connectivity index (χ1n) is 4.30. The van der Waals surface area contributed by atoms with Gasteiger partial charge in [-0.2, -0.15) is 0 Å². The molecule has 0 radical (unpaired) electrons. The van der Waals surface area contributed by atoms with Crippen molar-refractivity contribution in [3.63, 3.8) is 0 Å². The Hall–Kier alpha value is -1.05. The number of nitrogens with zero attached hydrogens (tertiary/aromatic N) is 1. The number of hydrogen-bond donors (Lipinski definition) is 2. The Kier molecular flexibility index (Phi) is 3.72. The molecular formula is C8H12FN3O2S. The highest BCUT2D eigenvalue weighted by molar-refractivity contribution is 7.89. The molecule has 1 aromatic heterocycles. The van der Waals surface area contributed by atoms with E-state index in [1.54, 1.807) is 6.92 Å². The van der Waals surface area contributed by atoms with Crippen molar-refractivity contribution in [1.82, 2.24) is 9.71 Å². The minimum absolute atomic E-state index is 0.133. The lowest BCUT2D eigenvalue weighted by molar-refractivity contribution is 0.533. The van der Waals surface area contributed by atoms with E-state index in [4.69, 9.17) is 5.73 Å². The van der Waals surface area contributed by atoms with Crippen LogP contribution >= 0.6 is 0 Å². The van der Waals surface area contributed by atoms with Crippen molar-refractivity contribution in [3.05, 3.63) is 24.1 Å². The van der Waals surface area contributed by atoms with Gasteiger partial charge in [0.25, 0.3) is 10.0 Å². The normalized spacial score (nSPS) is 13.8. The van der Waals surface area contributed by atoms with E-state index in [1.165, 1.54) is 12.3 Å². The van der Waals surface area contributed by atoms with Crippen LogP contribution in [0.15, 0.2) is 23.4 Å². The van der Waals surface area contributed by atoms with Crippen molar-refractivity contribution in [2.75, 3.05) is 6.54 Å². The van der Waals surface area contributed by atoms with E-state index >= 15 is 0 Å². The first kappa shape index (κ1) is 12.0. The summed E-state index contributed by atoms with van der Waals surface area (Å²) in [5, 5.41) is -0.606. The highest BCUT2D eigenvalue weighted by atomic mass is 32.2. The van der Waals surface area contributed by atoms with Gasteiger partial charge in [0.05, 0.1) is 0 Å². The van der Waals surface area contributed by atoms with Gasteiger partial charge in [-0.25, -0.2) is 22.5 Å². The third-order valence-electron chi connectivity index (χ3n) is 1.69. The fourth-order valence-corrected chi connectivity index (χ4v) is 2.20. The van der Waals surface area contributed by atoms with Crippen molar-refractivity contribution in [1.29, 1.82) is 0 Å². The molecule has 15 heavy (non-hydrogen) atoms. The predicted molar refractivity (Wildman–Crippen MR) is 53.0 cm³/mol. The molecule has 3 N–H and O–H groups in total. The molecule has 7 heteroatoms. The maximum absolute atomic E-state index is 13.1. The molecule has 1 rings (SSSR count). The molecule has 0 aliphatic heterocycles. The van der Waals surface area contributed by atoms with Crippen molar-refractivity contribution in [3.8, 4) is 0 Å². The number of aromatic nitrogens is 1. The minimum atomic E-state index is -3.92. The second-order valence-corrected chi connectivity index (χ2v) is 4.68. The molecule has 1 atom stereocenters. The predicted octanol–water partition coefficient (Wildman–Crippen LogP) is -0.154. The average Bonchev–Trinajstić information content (AvgIpc) is 2.17. The van der Waals surface area contributed by atoms with E-state index in [9.17, 15) is 12.8 Å². The molecule has 0 fully saturated rings. The van der Waals surface area contributed by atoms with E-state index in [-0.39, 0.29) is 6.54 Å². The largest absolute Gasteiger partial charge is 0.329 e. The van der Waals surface area contributed by atoms with Crippen molar-refractivity contribution < 1.29 is 12.8 Å². The van der Waals surface area contributed by atoms with Crippen LogP contribution in [-0.2, 0) is 10.0 Å². The Labute approximate surface area is 87.6 Å². The standard InChI is InChI=1S/C8H12FN3O2S/c1-6(5-10)12-15(13,14)8-7(9)3-2-4-11-8/h2-4,6,12H,5,10H2,1H3. The summed E-state index contributed by atoms with van der Waals surface area (Å²) in [5.41, 5.74) is 5.25. The molecule has 0 saturated heterocycles. The highest BCUT2D eigenvalue weighted by Gasteiger charge is 2.21. The van der Waals surface area contributed by atoms with Crippen LogP contribution < -0.4 is 10.5 Å². The summed E-state index contributed by atoms with van der Waals surface area (Å²) in [7, 11) is -3.92. The van der Waals surface area contributed by atoms with Crippen LogP contribution in [-0.4, -0.2) is 26.0 Å². The van der Waals surface area contributed by atoms with Crippen LogP contribution in [0.3, 0.4) is 0 Å². The van der Waals surface area contributed by atoms with E-state index in [2.05, 4.69) is 9.71 Å². The van der Waals surface area contributed by atoms with E-state index in [0.29, 0.717) is 0 Å². The molecule has 0 amide bonds. The summed E-state index contributed by atoms with van der Waals surface area (Å²) in [4.78, 5) is 3.47. The van der Waals surface area contributed by atoms with E-state index in [1.807, 2.05) is 0 Å². The second-order valence-electron chi connectivity index (χ2n) is 3.05. The molecule has 0 spiro atoms. The summed E-state index contributed by atoms with van der Waals surface area (Å²) in [5.74, 6) is -0.880. The molecular weight excluding hydrogens is 221 g/mol. The van der Waals surface area contributed by atoms with Gasteiger partial charge >= 0.3 is 0 Å². The summed E-state index contributed by atoms with van der Waals surface area (Å²) in [6.45, 7) is 1.71. The van der Waals surface area contributed by atoms with Crippen LogP contribution in [0.5, 0.6) is 0 Å². The Morgan fingerprint density at radius 3 is 2.87 bits per heavy atom. The van der Waals surface area contributed by atoms with Crippen LogP contribution in [0.25, 0.3) is 0 Å². The summed E-state index contributed by atoms with van der Waals surface area (Å²) < 4.78 is 38.4. The zero-order valence-electron chi connectivity index (χ0n) is 8.14. The molecule has 1 heterocycles. The highest BCUT2D eigenvalue weighted by Crippen LogP contribution is 2.09. The van der Waals surface area contributed by atoms with E-state index in [0.717, 1.165) is 6.07 Å². The van der Waals surface area contributed by atoms with Crippen LogP contribution in [0.1, 0.15) is 6.92 Å². The van der Waals surface area contributed by atoms with Crippen molar-refractivity contribution >= 4 is 10.0 Å². The summed E-state index contributed by atoms with van der Waals surface area (Å²) >= 11 is 0. The third-order valence-corrected chi connectivity index (χ3v) is 3.21. The van der Waals surface area contributed by atoms with Gasteiger partial charge in [-0.05, 0) is 19.1 Å². The monoisotopic (exact) mass is 233 g/mol. The molecule has 0 aliphatic carbocycles. The lowest BCUT2D eigenvalue weighted by Crippen LogP contribution is -2.38. The molecule has 0 aromatic carbocycles. The molecule has 0 aliphatic rings. The maximum Gasteiger partial charge on any atom is 0.261 e. The zero-order valence-corrected chi connectivity index (χ0v) is 8.96. The maximum atomic E-state index is 13.1. The van der Waals surface area contributed by atoms with Gasteiger partial charge in [0, 0.05) is 18.8 Å². The molecule has 0 bridgehead atoms. The smallest absolute Gasteiger partial charge is 0.261 e. The fraction of sp³-hybridized carbons (Fsp3) is 0.375. The van der Waals surface area contributed by atoms with Gasteiger partial charge < -0.3 is 5.73 Å². The molecule has 1 unspecified atom stereocenters. The average molecular weight is 233 g/mol. The Morgan fingerprint density at radius 2 is 2.33 bits per heavy atom. The van der Waals surface area contributed by atoms with Crippen LogP contribution in [0, 0.1) is 5.82 Å². The molecule has 1 aromatic rings. The number of sulfonamides is 1. The van der Waals surface area contributed by atoms with Gasteiger partial charge in [0.2, 0.25) is 5.03 Å². The van der Waals surface area contributed by atoms with Gasteiger partial charge in [-0.1, -0.05) is 0 Å². The van der Waals surface area contributed by atoms with Gasteiger partial charge in [-0.3, -0.25) is 0 Å². The molecule has 5 nitrogen and oxygen atoms in total. The van der Waals surface area contributed by atoms with Gasteiger partial charge in [-0.15, -0.1) is 0 Å². The Balaban J connectivity index is 3.02. The minimum Gasteiger partial charge on any atom is -0.329 e. The number of rotatable bonds is 4. The summed E-state index contributed by atoms with van der Waals surface area (Å²) in [6.07, 6.45) is 1.21. The first-order chi connectivity index (χ1) is 6.97. The molecule has 84 valence electrons. The Bertz CT molecular complexity index is 435. The second kappa shape index (κ2) is 4.65. The number of nitrogens with one attached hydrogen (secondary N) is 1. The van der Waals surface area contributed by atoms with E-state index < -0.39 is 26.9 Å². The quantitative estimate of drug-likeness (QED) is 0.757. The van der Waals surface area contributed by atoms with Gasteiger partial charge in [0.1, 0.15) is 0 Å². The summed E-state index contributed by atoms with van der Waals surface area (Å²) in [6, 6.07) is 1.89. The Morgan fingerprint density at radius 1 is 1.67 bits per heavy atom. The number of pyridine rings is 1. The number of hydrogen-bond acceptors (Lipinski definition) is 4. The number of halogens is 1. The first-order valence-corrected chi connectivity index (χ1v) is 5.78. The van der Waals surface area contributed by atoms with Crippen LogP contribution in [0.2, 0.25) is 0 Å². The number of nitrogens with two attached hydrogens (primary N) is 1. The van der Waals surface area contributed by atoms with Crippen molar-refractivity contribution in [2.24, 2.45) is 5.73 Å². The SMILES string of the molecule is CC(CN)NS(=O)(=O)c1ncccc1F. The van der Waals surface area contributed by atoms with Crippen molar-refractivity contribution in [2.45, 2.75) is 18.0 Å². The lowest BCUT2D eigenvalue weighted by atomic mass is 10.4. The fourth-order valence-electron chi connectivity index (χ4n) is 0.938. The lowest BCUT2D eigenvalue weighted by Gasteiger charge is -2.11.